The van der Waals surface area contributed by atoms with Crippen LogP contribution in [0.15, 0.2) is 35.9 Å². The lowest BCUT2D eigenvalue weighted by atomic mass is 9.91. The minimum absolute atomic E-state index is 0.0446. The summed E-state index contributed by atoms with van der Waals surface area (Å²) in [5.74, 6) is -1.51. The van der Waals surface area contributed by atoms with Crippen molar-refractivity contribution in [2.45, 2.75) is 63.2 Å². The summed E-state index contributed by atoms with van der Waals surface area (Å²) >= 11 is 0. The SMILES string of the molecule is CC=C(C=O)C(CC(=O)O)CC1OCC2OC(OCCc3ccc(O)cc3)C(O)C(O)C2O1. The fourth-order valence-corrected chi connectivity index (χ4v) is 4.02. The minimum Gasteiger partial charge on any atom is -0.508 e. The van der Waals surface area contributed by atoms with Crippen molar-refractivity contribution in [1.29, 1.82) is 0 Å². The highest BCUT2D eigenvalue weighted by atomic mass is 16.8. The van der Waals surface area contributed by atoms with Gasteiger partial charge in [0.1, 0.15) is 36.5 Å². The number of hydrogen-bond donors (Lipinski definition) is 4. The monoisotopic (exact) mass is 466 g/mol. The lowest BCUT2D eigenvalue weighted by molar-refractivity contribution is -0.360. The van der Waals surface area contributed by atoms with Crippen molar-refractivity contribution >= 4 is 12.3 Å². The van der Waals surface area contributed by atoms with E-state index in [9.17, 15) is 24.9 Å². The number of benzene rings is 1. The van der Waals surface area contributed by atoms with Crippen LogP contribution in [0.4, 0.5) is 0 Å². The summed E-state index contributed by atoms with van der Waals surface area (Å²) in [7, 11) is 0. The van der Waals surface area contributed by atoms with Crippen molar-refractivity contribution < 1.29 is 49.0 Å². The number of aromatic hydroxyl groups is 1. The van der Waals surface area contributed by atoms with Gasteiger partial charge in [-0.2, -0.15) is 0 Å². The Hall–Kier alpha value is -2.34. The number of carbonyl (C=O) groups excluding carboxylic acids is 1. The Morgan fingerprint density at radius 1 is 1.21 bits per heavy atom. The van der Waals surface area contributed by atoms with Crippen molar-refractivity contribution in [3.05, 3.63) is 41.5 Å². The quantitative estimate of drug-likeness (QED) is 0.287. The van der Waals surface area contributed by atoms with Crippen LogP contribution >= 0.6 is 0 Å². The van der Waals surface area contributed by atoms with Crippen LogP contribution in [0.3, 0.4) is 0 Å². The van der Waals surface area contributed by atoms with Crippen molar-refractivity contribution in [3.63, 3.8) is 0 Å². The molecule has 2 saturated heterocycles. The molecule has 7 unspecified atom stereocenters. The van der Waals surface area contributed by atoms with Crippen molar-refractivity contribution in [1.82, 2.24) is 0 Å². The highest BCUT2D eigenvalue weighted by molar-refractivity contribution is 5.76. The first-order valence-corrected chi connectivity index (χ1v) is 10.8. The molecule has 33 heavy (non-hydrogen) atoms. The third kappa shape index (κ3) is 6.59. The molecule has 7 atom stereocenters. The van der Waals surface area contributed by atoms with Crippen LogP contribution < -0.4 is 0 Å². The number of rotatable bonds is 10. The summed E-state index contributed by atoms with van der Waals surface area (Å²) in [4.78, 5) is 22.5. The maximum absolute atomic E-state index is 11.3. The van der Waals surface area contributed by atoms with Gasteiger partial charge in [-0.25, -0.2) is 0 Å². The molecule has 0 aliphatic carbocycles. The zero-order valence-electron chi connectivity index (χ0n) is 18.3. The molecule has 0 spiro atoms. The first kappa shape index (κ1) is 25.3. The highest BCUT2D eigenvalue weighted by Crippen LogP contribution is 2.32. The molecule has 10 nitrogen and oxygen atoms in total. The van der Waals surface area contributed by atoms with Gasteiger partial charge in [-0.3, -0.25) is 9.59 Å². The van der Waals surface area contributed by atoms with Gasteiger partial charge in [0.25, 0.3) is 0 Å². The largest absolute Gasteiger partial charge is 0.508 e. The second-order valence-electron chi connectivity index (χ2n) is 8.11. The Morgan fingerprint density at radius 3 is 2.58 bits per heavy atom. The number of allylic oxidation sites excluding steroid dienone is 2. The van der Waals surface area contributed by atoms with E-state index in [0.717, 1.165) is 5.56 Å². The molecular weight excluding hydrogens is 436 g/mol. The second-order valence-corrected chi connectivity index (χ2v) is 8.11. The third-order valence-electron chi connectivity index (χ3n) is 5.84. The van der Waals surface area contributed by atoms with Crippen LogP contribution in [0.5, 0.6) is 5.75 Å². The maximum atomic E-state index is 11.3. The van der Waals surface area contributed by atoms with Crippen LogP contribution in [0, 0.1) is 5.92 Å². The van der Waals surface area contributed by atoms with E-state index >= 15 is 0 Å². The number of fused-ring (bicyclic) bond motifs is 1. The summed E-state index contributed by atoms with van der Waals surface area (Å²) in [6.45, 7) is 1.91. The van der Waals surface area contributed by atoms with E-state index in [0.29, 0.717) is 18.3 Å². The Morgan fingerprint density at radius 2 is 1.94 bits per heavy atom. The molecule has 182 valence electrons. The van der Waals surface area contributed by atoms with Gasteiger partial charge < -0.3 is 39.4 Å². The summed E-state index contributed by atoms with van der Waals surface area (Å²) in [6, 6.07) is 6.65. The van der Waals surface area contributed by atoms with E-state index < -0.39 is 48.9 Å². The van der Waals surface area contributed by atoms with E-state index in [-0.39, 0.29) is 31.8 Å². The van der Waals surface area contributed by atoms with Gasteiger partial charge in [0.15, 0.2) is 12.6 Å². The van der Waals surface area contributed by atoms with E-state index in [1.165, 1.54) is 0 Å². The molecule has 4 N–H and O–H groups in total. The maximum Gasteiger partial charge on any atom is 0.303 e. The van der Waals surface area contributed by atoms with Crippen molar-refractivity contribution in [2.24, 2.45) is 5.92 Å². The van der Waals surface area contributed by atoms with Gasteiger partial charge in [0, 0.05) is 12.3 Å². The summed E-state index contributed by atoms with van der Waals surface area (Å²) < 4.78 is 22.8. The number of aliphatic hydroxyl groups excluding tert-OH is 2. The zero-order valence-corrected chi connectivity index (χ0v) is 18.3. The second kappa shape index (κ2) is 11.7. The molecule has 0 aromatic heterocycles. The van der Waals surface area contributed by atoms with Crippen LogP contribution in [0.1, 0.15) is 25.3 Å². The molecule has 0 amide bonds. The van der Waals surface area contributed by atoms with Gasteiger partial charge in [-0.05, 0) is 36.6 Å². The fourth-order valence-electron chi connectivity index (χ4n) is 4.02. The number of carbonyl (C=O) groups is 2. The lowest BCUT2D eigenvalue weighted by Gasteiger charge is -2.46. The summed E-state index contributed by atoms with van der Waals surface area (Å²) in [6.07, 6.45) is -3.70. The number of carboxylic acids is 1. The Labute approximate surface area is 191 Å². The molecule has 1 aromatic carbocycles. The lowest BCUT2D eigenvalue weighted by Crippen LogP contribution is -2.63. The molecule has 0 radical (unpaired) electrons. The third-order valence-corrected chi connectivity index (χ3v) is 5.84. The van der Waals surface area contributed by atoms with E-state index in [1.54, 1.807) is 37.3 Å². The number of aldehydes is 1. The van der Waals surface area contributed by atoms with E-state index in [4.69, 9.17) is 24.1 Å². The van der Waals surface area contributed by atoms with Crippen LogP contribution in [0.2, 0.25) is 0 Å². The first-order valence-electron chi connectivity index (χ1n) is 10.8. The summed E-state index contributed by atoms with van der Waals surface area (Å²) in [5, 5.41) is 39.6. The average molecular weight is 466 g/mol. The molecule has 3 rings (SSSR count). The predicted octanol–water partition coefficient (Wildman–Crippen LogP) is 0.766. The first-order chi connectivity index (χ1) is 15.8. The molecular formula is C23H30O10. The number of hydrogen-bond acceptors (Lipinski definition) is 9. The van der Waals surface area contributed by atoms with Gasteiger partial charge in [0.05, 0.1) is 19.6 Å². The minimum atomic E-state index is -1.36. The van der Waals surface area contributed by atoms with Crippen molar-refractivity contribution in [2.75, 3.05) is 13.2 Å². The molecule has 10 heteroatoms. The molecule has 0 saturated carbocycles. The predicted molar refractivity (Wildman–Crippen MR) is 113 cm³/mol. The Balaban J connectivity index is 1.55. The van der Waals surface area contributed by atoms with Crippen LogP contribution in [-0.2, 0) is 35.0 Å². The highest BCUT2D eigenvalue weighted by Gasteiger charge is 2.49. The number of aliphatic hydroxyl groups is 2. The molecule has 2 heterocycles. The van der Waals surface area contributed by atoms with Crippen molar-refractivity contribution in [3.8, 4) is 5.75 Å². The number of phenolic OH excluding ortho intramolecular Hbond substituents is 1. The Bertz CT molecular complexity index is 821. The topological polar surface area (TPSA) is 152 Å². The summed E-state index contributed by atoms with van der Waals surface area (Å²) in [5.41, 5.74) is 1.25. The molecule has 1 aromatic rings. The van der Waals surface area contributed by atoms with Gasteiger partial charge in [-0.15, -0.1) is 0 Å². The standard InChI is InChI=1S/C23H30O10/c1-2-14(11-24)15(9-18(26)27)10-19-31-12-17-22(33-19)20(28)21(29)23(32-17)30-8-7-13-3-5-16(25)6-4-13/h2-6,11,15,17,19-23,25,28-29H,7-10,12H2,1H3,(H,26,27). The molecule has 0 bridgehead atoms. The van der Waals surface area contributed by atoms with Crippen LogP contribution in [-0.4, -0.2) is 82.9 Å². The average Bonchev–Trinajstić information content (AvgIpc) is 2.79. The number of carboxylic acid groups (broad SMARTS) is 1. The number of aliphatic carboxylic acids is 1. The number of phenols is 1. The van der Waals surface area contributed by atoms with Gasteiger partial charge >= 0.3 is 5.97 Å². The van der Waals surface area contributed by atoms with E-state index in [1.807, 2.05) is 0 Å². The van der Waals surface area contributed by atoms with Crippen LogP contribution in [0.25, 0.3) is 0 Å². The normalized spacial score (nSPS) is 30.9. The van der Waals surface area contributed by atoms with Gasteiger partial charge in [0.2, 0.25) is 0 Å². The Kier molecular flexibility index (Phi) is 8.95. The molecule has 2 fully saturated rings. The number of ether oxygens (including phenoxy) is 4. The fraction of sp³-hybridized carbons (Fsp3) is 0.565. The van der Waals surface area contributed by atoms with Gasteiger partial charge in [-0.1, -0.05) is 18.2 Å². The smallest absolute Gasteiger partial charge is 0.303 e. The molecule has 2 aliphatic heterocycles. The molecule has 2 aliphatic rings. The van der Waals surface area contributed by atoms with E-state index in [2.05, 4.69) is 0 Å². The zero-order chi connectivity index (χ0) is 24.0.